The maximum atomic E-state index is 8.61. The van der Waals surface area contributed by atoms with Crippen molar-refractivity contribution in [1.29, 1.82) is 5.26 Å². The molecule has 80 valence electrons. The third kappa shape index (κ3) is 3.02. The summed E-state index contributed by atoms with van der Waals surface area (Å²) in [5.74, 6) is 0. The number of nitrogens with zero attached hydrogens (tertiary/aromatic N) is 2. The minimum Gasteiger partial charge on any atom is -0.371 e. The maximum absolute atomic E-state index is 8.61. The largest absolute Gasteiger partial charge is 0.371 e. The van der Waals surface area contributed by atoms with E-state index in [4.69, 9.17) is 28.5 Å². The van der Waals surface area contributed by atoms with Crippen LogP contribution in [0.3, 0.4) is 0 Å². The van der Waals surface area contributed by atoms with Gasteiger partial charge < -0.3 is 4.90 Å². The van der Waals surface area contributed by atoms with Gasteiger partial charge in [0.05, 0.1) is 22.5 Å². The van der Waals surface area contributed by atoms with Crippen LogP contribution in [0.4, 0.5) is 5.69 Å². The van der Waals surface area contributed by atoms with E-state index in [1.54, 1.807) is 12.1 Å². The van der Waals surface area contributed by atoms with E-state index in [9.17, 15) is 0 Å². The number of nitriles is 1. The van der Waals surface area contributed by atoms with Crippen molar-refractivity contribution in [3.63, 3.8) is 0 Å². The van der Waals surface area contributed by atoms with Crippen molar-refractivity contribution in [3.05, 3.63) is 28.2 Å². The van der Waals surface area contributed by atoms with Crippen molar-refractivity contribution in [2.75, 3.05) is 11.9 Å². The van der Waals surface area contributed by atoms with Gasteiger partial charge in [0.15, 0.2) is 0 Å². The summed E-state index contributed by atoms with van der Waals surface area (Å²) in [6, 6.07) is 7.76. The summed E-state index contributed by atoms with van der Waals surface area (Å²) in [5, 5.41) is 9.68. The Bertz CT molecular complexity index is 385. The summed E-state index contributed by atoms with van der Waals surface area (Å²) in [6.07, 6.45) is 0.483. The molecule has 1 atom stereocenters. The highest BCUT2D eigenvalue weighted by atomic mass is 35.5. The molecule has 0 N–H and O–H groups in total. The van der Waals surface area contributed by atoms with E-state index in [0.29, 0.717) is 16.5 Å². The topological polar surface area (TPSA) is 27.0 Å². The van der Waals surface area contributed by atoms with Crippen LogP contribution < -0.4 is 4.90 Å². The van der Waals surface area contributed by atoms with Gasteiger partial charge in [-0.3, -0.25) is 0 Å². The molecule has 1 aromatic carbocycles. The minimum atomic E-state index is 0.159. The number of benzene rings is 1. The van der Waals surface area contributed by atoms with E-state index in [1.807, 2.05) is 24.9 Å². The first kappa shape index (κ1) is 12.2. The third-order valence-corrected chi connectivity index (χ3v) is 3.10. The summed E-state index contributed by atoms with van der Waals surface area (Å²) in [5.41, 5.74) is 0.965. The van der Waals surface area contributed by atoms with Crippen LogP contribution in [-0.2, 0) is 0 Å². The second-order valence-corrected chi connectivity index (χ2v) is 4.23. The second-order valence-electron chi connectivity index (χ2n) is 3.42. The van der Waals surface area contributed by atoms with Crippen LogP contribution in [0.2, 0.25) is 10.0 Å². The van der Waals surface area contributed by atoms with Gasteiger partial charge in [-0.2, -0.15) is 5.26 Å². The average Bonchev–Trinajstić information content (AvgIpc) is 2.21. The molecule has 0 aliphatic rings. The fourth-order valence-electron chi connectivity index (χ4n) is 1.23. The summed E-state index contributed by atoms with van der Waals surface area (Å²) >= 11 is 11.7. The smallest absolute Gasteiger partial charge is 0.0643 e. The standard InChI is InChI=1S/C11H12Cl2N2/c1-8(5-6-14)15(2)9-3-4-10(12)11(13)7-9/h3-4,7-8H,5H2,1-2H3. The van der Waals surface area contributed by atoms with E-state index in [1.165, 1.54) is 0 Å². The van der Waals surface area contributed by atoms with Crippen LogP contribution in [-0.4, -0.2) is 13.1 Å². The van der Waals surface area contributed by atoms with Crippen LogP contribution in [0.15, 0.2) is 18.2 Å². The lowest BCUT2D eigenvalue weighted by Crippen LogP contribution is -2.28. The Morgan fingerprint density at radius 2 is 2.07 bits per heavy atom. The lowest BCUT2D eigenvalue weighted by atomic mass is 10.2. The first-order chi connectivity index (χ1) is 7.06. The van der Waals surface area contributed by atoms with Gasteiger partial charge in [0.2, 0.25) is 0 Å². The molecule has 2 nitrogen and oxygen atoms in total. The van der Waals surface area contributed by atoms with Gasteiger partial charge in [-0.05, 0) is 25.1 Å². The van der Waals surface area contributed by atoms with Crippen LogP contribution in [0, 0.1) is 11.3 Å². The Balaban J connectivity index is 2.87. The highest BCUT2D eigenvalue weighted by Crippen LogP contribution is 2.27. The molecule has 0 fully saturated rings. The fourth-order valence-corrected chi connectivity index (χ4v) is 1.52. The lowest BCUT2D eigenvalue weighted by Gasteiger charge is -2.25. The Labute approximate surface area is 100 Å². The predicted octanol–water partition coefficient (Wildman–Crippen LogP) is 3.73. The van der Waals surface area contributed by atoms with Gasteiger partial charge in [-0.1, -0.05) is 23.2 Å². The zero-order valence-corrected chi connectivity index (χ0v) is 10.2. The Morgan fingerprint density at radius 3 is 2.60 bits per heavy atom. The number of hydrogen-bond donors (Lipinski definition) is 0. The second kappa shape index (κ2) is 5.25. The molecular formula is C11H12Cl2N2. The van der Waals surface area contributed by atoms with Crippen molar-refractivity contribution in [1.82, 2.24) is 0 Å². The Kier molecular flexibility index (Phi) is 4.26. The molecule has 15 heavy (non-hydrogen) atoms. The zero-order valence-electron chi connectivity index (χ0n) is 8.67. The molecule has 0 saturated heterocycles. The molecule has 1 rings (SSSR count). The van der Waals surface area contributed by atoms with E-state index in [2.05, 4.69) is 6.07 Å². The fraction of sp³-hybridized carbons (Fsp3) is 0.364. The maximum Gasteiger partial charge on any atom is 0.0643 e. The van der Waals surface area contributed by atoms with Crippen LogP contribution in [0.25, 0.3) is 0 Å². The minimum absolute atomic E-state index is 0.159. The Morgan fingerprint density at radius 1 is 1.40 bits per heavy atom. The molecule has 1 aromatic rings. The van der Waals surface area contributed by atoms with Crippen LogP contribution >= 0.6 is 23.2 Å². The van der Waals surface area contributed by atoms with Gasteiger partial charge in [0.1, 0.15) is 0 Å². The van der Waals surface area contributed by atoms with E-state index < -0.39 is 0 Å². The molecule has 0 bridgehead atoms. The van der Waals surface area contributed by atoms with Crippen molar-refractivity contribution >= 4 is 28.9 Å². The summed E-state index contributed by atoms with van der Waals surface area (Å²) in [6.45, 7) is 1.99. The number of anilines is 1. The van der Waals surface area contributed by atoms with Crippen molar-refractivity contribution in [2.24, 2.45) is 0 Å². The van der Waals surface area contributed by atoms with Crippen molar-refractivity contribution in [2.45, 2.75) is 19.4 Å². The molecule has 0 amide bonds. The SMILES string of the molecule is CC(CC#N)N(C)c1ccc(Cl)c(Cl)c1. The van der Waals surface area contributed by atoms with Gasteiger partial charge in [-0.25, -0.2) is 0 Å². The monoisotopic (exact) mass is 242 g/mol. The Hall–Kier alpha value is -0.910. The zero-order chi connectivity index (χ0) is 11.4. The molecule has 0 radical (unpaired) electrons. The van der Waals surface area contributed by atoms with Crippen molar-refractivity contribution in [3.8, 4) is 6.07 Å². The van der Waals surface area contributed by atoms with E-state index in [-0.39, 0.29) is 6.04 Å². The van der Waals surface area contributed by atoms with Crippen LogP contribution in [0.1, 0.15) is 13.3 Å². The van der Waals surface area contributed by atoms with Crippen LogP contribution in [0.5, 0.6) is 0 Å². The quantitative estimate of drug-likeness (QED) is 0.808. The van der Waals surface area contributed by atoms with Gasteiger partial charge in [-0.15, -0.1) is 0 Å². The highest BCUT2D eigenvalue weighted by Gasteiger charge is 2.10. The first-order valence-electron chi connectivity index (χ1n) is 4.61. The molecule has 0 aromatic heterocycles. The molecule has 1 unspecified atom stereocenters. The van der Waals surface area contributed by atoms with Gasteiger partial charge >= 0.3 is 0 Å². The summed E-state index contributed by atoms with van der Waals surface area (Å²) in [7, 11) is 1.93. The summed E-state index contributed by atoms with van der Waals surface area (Å²) < 4.78 is 0. The molecule has 0 spiro atoms. The van der Waals surface area contributed by atoms with Crippen molar-refractivity contribution < 1.29 is 0 Å². The van der Waals surface area contributed by atoms with E-state index in [0.717, 1.165) is 5.69 Å². The lowest BCUT2D eigenvalue weighted by molar-refractivity contribution is 0.703. The van der Waals surface area contributed by atoms with Gasteiger partial charge in [0.25, 0.3) is 0 Å². The molecule has 0 saturated carbocycles. The average molecular weight is 243 g/mol. The third-order valence-electron chi connectivity index (χ3n) is 2.36. The molecular weight excluding hydrogens is 231 g/mol. The number of hydrogen-bond acceptors (Lipinski definition) is 2. The predicted molar refractivity (Wildman–Crippen MR) is 64.6 cm³/mol. The highest BCUT2D eigenvalue weighted by molar-refractivity contribution is 6.42. The molecule has 0 aliphatic heterocycles. The number of rotatable bonds is 3. The van der Waals surface area contributed by atoms with Gasteiger partial charge in [0, 0.05) is 18.8 Å². The molecule has 0 aliphatic carbocycles. The van der Waals surface area contributed by atoms with E-state index >= 15 is 0 Å². The number of halogens is 2. The first-order valence-corrected chi connectivity index (χ1v) is 5.36. The molecule has 0 heterocycles. The normalized spacial score (nSPS) is 11.9. The summed E-state index contributed by atoms with van der Waals surface area (Å²) in [4.78, 5) is 2.01. The molecule has 4 heteroatoms.